The predicted octanol–water partition coefficient (Wildman–Crippen LogP) is 7.78. The molecular weight excluding hydrogens is 730 g/mol. The van der Waals surface area contributed by atoms with E-state index in [4.69, 9.17) is 29.0 Å². The Labute approximate surface area is 325 Å². The van der Waals surface area contributed by atoms with Gasteiger partial charge in [0.05, 0.1) is 32.1 Å². The Morgan fingerprint density at radius 3 is 2.16 bits per heavy atom. The van der Waals surface area contributed by atoms with E-state index in [1.807, 2.05) is 0 Å². The summed E-state index contributed by atoms with van der Waals surface area (Å²) in [4.78, 5) is 14.5. The van der Waals surface area contributed by atoms with Crippen molar-refractivity contribution in [3.05, 3.63) is 59.8 Å². The number of phosphoric acid groups is 1. The number of phosphoric ester groups is 1. The molecule has 1 saturated heterocycles. The van der Waals surface area contributed by atoms with Gasteiger partial charge in [0.25, 0.3) is 0 Å². The number of halogens is 1. The molecule has 55 heavy (non-hydrogen) atoms. The van der Waals surface area contributed by atoms with Crippen molar-refractivity contribution in [3.63, 3.8) is 0 Å². The van der Waals surface area contributed by atoms with Gasteiger partial charge in [0.1, 0.15) is 47.7 Å². The van der Waals surface area contributed by atoms with E-state index >= 15 is 0 Å². The van der Waals surface area contributed by atoms with Gasteiger partial charge < -0.3 is 35.1 Å². The smallest absolute Gasteiger partial charge is 0.387 e. The normalized spacial score (nSPS) is 21.7. The number of nitrogen functional groups attached to an aromatic ring is 1. The Morgan fingerprint density at radius 1 is 0.909 bits per heavy atom. The first kappa shape index (κ1) is 45.2. The fourth-order valence-electron chi connectivity index (χ4n) is 6.97. The molecule has 5 N–H and O–H groups in total. The number of hydrogen-bond acceptors (Lipinski definition) is 11. The summed E-state index contributed by atoms with van der Waals surface area (Å²) < 4.78 is 56.9. The van der Waals surface area contributed by atoms with Gasteiger partial charge in [-0.1, -0.05) is 121 Å². The Balaban J connectivity index is 1.15. The van der Waals surface area contributed by atoms with Gasteiger partial charge in [0.15, 0.2) is 5.82 Å². The molecule has 13 nitrogen and oxygen atoms in total. The van der Waals surface area contributed by atoms with Crippen LogP contribution in [0, 0.1) is 5.82 Å². The lowest BCUT2D eigenvalue weighted by Gasteiger charge is -2.27. The molecule has 0 spiro atoms. The lowest BCUT2D eigenvalue weighted by molar-refractivity contribution is -0.0901. The zero-order valence-electron chi connectivity index (χ0n) is 32.7. The highest BCUT2D eigenvalue weighted by Crippen LogP contribution is 2.46. The number of ether oxygens (including phenoxy) is 3. The van der Waals surface area contributed by atoms with Crippen molar-refractivity contribution in [3.8, 4) is 0 Å². The molecule has 15 heteroatoms. The number of aliphatic hydroxyl groups excluding tert-OH is 2. The molecule has 1 aliphatic rings. The van der Waals surface area contributed by atoms with Crippen molar-refractivity contribution < 1.29 is 47.3 Å². The molecule has 3 aromatic rings. The number of anilines is 1. The van der Waals surface area contributed by atoms with Gasteiger partial charge in [-0.15, -0.1) is 0 Å². The van der Waals surface area contributed by atoms with Crippen LogP contribution in [0.2, 0.25) is 0 Å². The molecule has 0 saturated carbocycles. The van der Waals surface area contributed by atoms with E-state index in [1.165, 1.54) is 100 Å². The number of unbranched alkanes of at least 4 members (excludes halogenated alkanes) is 15. The Morgan fingerprint density at radius 2 is 1.53 bits per heavy atom. The molecule has 310 valence electrons. The summed E-state index contributed by atoms with van der Waals surface area (Å²) in [5.74, 6) is -0.210. The van der Waals surface area contributed by atoms with Crippen LogP contribution in [0.4, 0.5) is 10.2 Å². The van der Waals surface area contributed by atoms with Crippen molar-refractivity contribution in [2.45, 2.75) is 153 Å². The number of hydrogen-bond donors (Lipinski definition) is 4. The van der Waals surface area contributed by atoms with Crippen LogP contribution in [0.5, 0.6) is 0 Å². The highest BCUT2D eigenvalue weighted by molar-refractivity contribution is 7.47. The molecule has 1 aromatic carbocycles. The van der Waals surface area contributed by atoms with Crippen LogP contribution in [-0.4, -0.2) is 80.5 Å². The molecule has 1 aliphatic heterocycles. The third-order valence-corrected chi connectivity index (χ3v) is 11.3. The van der Waals surface area contributed by atoms with Crippen LogP contribution < -0.4 is 5.73 Å². The number of fused-ring (bicyclic) bond motifs is 1. The van der Waals surface area contributed by atoms with Crippen LogP contribution in [0.25, 0.3) is 5.52 Å². The van der Waals surface area contributed by atoms with E-state index in [2.05, 4.69) is 17.0 Å². The average molecular weight is 795 g/mol. The van der Waals surface area contributed by atoms with Gasteiger partial charge in [-0.25, -0.2) is 18.5 Å². The zero-order valence-corrected chi connectivity index (χ0v) is 33.6. The van der Waals surface area contributed by atoms with Crippen LogP contribution in [0.1, 0.15) is 128 Å². The van der Waals surface area contributed by atoms with Gasteiger partial charge in [0, 0.05) is 12.2 Å². The van der Waals surface area contributed by atoms with Crippen molar-refractivity contribution >= 4 is 19.2 Å². The summed E-state index contributed by atoms with van der Waals surface area (Å²) in [5.41, 5.74) is 5.68. The second-order valence-electron chi connectivity index (χ2n) is 14.8. The summed E-state index contributed by atoms with van der Waals surface area (Å²) in [7, 11) is -4.70. The first-order valence-electron chi connectivity index (χ1n) is 20.2. The third-order valence-electron chi connectivity index (χ3n) is 10.4. The fraction of sp³-hybridized carbons (Fsp3) is 0.700. The largest absolute Gasteiger partial charge is 0.472 e. The predicted molar refractivity (Wildman–Crippen MR) is 209 cm³/mol. The summed E-state index contributed by atoms with van der Waals surface area (Å²) in [6.45, 7) is 3.32. The summed E-state index contributed by atoms with van der Waals surface area (Å²) in [6, 6.07) is 9.50. The molecule has 3 heterocycles. The zero-order chi connectivity index (χ0) is 39.5. The molecule has 6 atom stereocenters. The van der Waals surface area contributed by atoms with Crippen molar-refractivity contribution in [2.24, 2.45) is 0 Å². The highest BCUT2D eigenvalue weighted by atomic mass is 31.2. The van der Waals surface area contributed by atoms with E-state index < -0.39 is 50.3 Å². The second kappa shape index (κ2) is 23.6. The van der Waals surface area contributed by atoms with Crippen LogP contribution in [0.15, 0.2) is 42.7 Å². The first-order chi connectivity index (χ1) is 26.6. The van der Waals surface area contributed by atoms with E-state index in [-0.39, 0.29) is 25.6 Å². The Hall–Kier alpha value is -2.52. The minimum atomic E-state index is -4.70. The number of aliphatic hydroxyl groups is 2. The van der Waals surface area contributed by atoms with Crippen molar-refractivity contribution in [1.82, 2.24) is 14.6 Å². The van der Waals surface area contributed by atoms with Gasteiger partial charge in [-0.05, 0) is 31.5 Å². The summed E-state index contributed by atoms with van der Waals surface area (Å²) >= 11 is 0. The van der Waals surface area contributed by atoms with Crippen LogP contribution >= 0.6 is 7.82 Å². The van der Waals surface area contributed by atoms with E-state index in [0.717, 1.165) is 19.3 Å². The van der Waals surface area contributed by atoms with Crippen LogP contribution in [0.3, 0.4) is 0 Å². The number of aromatic nitrogens is 3. The Kier molecular flexibility index (Phi) is 19.4. The average Bonchev–Trinajstić information content (AvgIpc) is 3.71. The molecule has 1 unspecified atom stereocenters. The van der Waals surface area contributed by atoms with Gasteiger partial charge >= 0.3 is 7.82 Å². The number of benzene rings is 1. The van der Waals surface area contributed by atoms with Gasteiger partial charge in [0.2, 0.25) is 0 Å². The fourth-order valence-corrected chi connectivity index (χ4v) is 7.74. The maximum atomic E-state index is 14.3. The van der Waals surface area contributed by atoms with E-state index in [1.54, 1.807) is 37.3 Å². The van der Waals surface area contributed by atoms with Crippen molar-refractivity contribution in [1.29, 1.82) is 0 Å². The number of rotatable bonds is 29. The first-order valence-corrected chi connectivity index (χ1v) is 21.7. The molecule has 2 aromatic heterocycles. The SMILES string of the molecule is CCCCCCCCCCCCCCCCCCOC[C@H](COP(=O)(O)OC[C@H]1O[C@@](C)(c2ccc3c(N)ncnn23)[C@H](O)[C@@H]1O)OCc1ccccc1F. The van der Waals surface area contributed by atoms with Gasteiger partial charge in [-0.3, -0.25) is 9.05 Å². The lowest BCUT2D eigenvalue weighted by Crippen LogP contribution is -2.39. The number of nitrogens with zero attached hydrogens (tertiary/aromatic N) is 3. The van der Waals surface area contributed by atoms with Gasteiger partial charge in [-0.2, -0.15) is 5.10 Å². The number of nitrogens with two attached hydrogens (primary N) is 1. The second-order valence-corrected chi connectivity index (χ2v) is 16.3. The maximum absolute atomic E-state index is 14.3. The molecule has 1 fully saturated rings. The monoisotopic (exact) mass is 794 g/mol. The minimum absolute atomic E-state index is 0.0571. The van der Waals surface area contributed by atoms with Crippen LogP contribution in [-0.2, 0) is 40.0 Å². The molecule has 0 aliphatic carbocycles. The third kappa shape index (κ3) is 14.4. The van der Waals surface area contributed by atoms with E-state index in [0.29, 0.717) is 23.4 Å². The summed E-state index contributed by atoms with van der Waals surface area (Å²) in [5, 5.41) is 26.0. The molecule has 0 radical (unpaired) electrons. The maximum Gasteiger partial charge on any atom is 0.472 e. The summed E-state index contributed by atoms with van der Waals surface area (Å²) in [6.07, 6.45) is 16.8. The minimum Gasteiger partial charge on any atom is -0.387 e. The lowest BCUT2D eigenvalue weighted by atomic mass is 9.93. The molecule has 4 rings (SSSR count). The quantitative estimate of drug-likeness (QED) is 0.0397. The molecular formula is C40H64FN4O9P. The topological polar surface area (TPSA) is 180 Å². The molecule has 0 bridgehead atoms. The standard InChI is InChI=1S/C40H64FN4O9P/c1-3-4-5-6-7-8-9-10-11-12-13-14-15-16-17-20-25-50-27-32(51-26-31-21-18-19-22-33(31)41)28-52-55(48,49)53-29-35-37(46)38(47)40(2,54-35)36-24-23-34-39(42)43-30-44-45(34)36/h18-19,21-24,30,32,35,37-38,46-47H,3-17,20,25-29H2,1-2H3,(H,48,49)(H2,42,43,44)/t32-,35-,37-,38-,40+/m1/s1. The van der Waals surface area contributed by atoms with E-state index in [9.17, 15) is 24.1 Å². The molecule has 0 amide bonds. The Bertz CT molecular complexity index is 1580. The highest BCUT2D eigenvalue weighted by Gasteiger charge is 2.54. The van der Waals surface area contributed by atoms with Crippen molar-refractivity contribution in [2.75, 3.05) is 32.2 Å².